The van der Waals surface area contributed by atoms with Crippen LogP contribution in [0.2, 0.25) is 0 Å². The smallest absolute Gasteiger partial charge is 0.0710 e. The fraction of sp³-hybridized carbons (Fsp3) is 1.00. The van der Waals surface area contributed by atoms with Gasteiger partial charge in [-0.3, -0.25) is 4.90 Å². The van der Waals surface area contributed by atoms with Crippen molar-refractivity contribution in [2.24, 2.45) is 5.73 Å². The Morgan fingerprint density at radius 3 is 1.90 bits per heavy atom. The molecule has 1 heterocycles. The largest absolute Gasteiger partial charge is 0.380 e. The van der Waals surface area contributed by atoms with Crippen LogP contribution < -0.4 is 5.73 Å². The van der Waals surface area contributed by atoms with Crippen molar-refractivity contribution in [3.63, 3.8) is 0 Å². The maximum atomic E-state index is 6.30. The lowest BCUT2D eigenvalue weighted by atomic mass is 9.84. The van der Waals surface area contributed by atoms with Gasteiger partial charge in [0, 0.05) is 32.3 Å². The quantitative estimate of drug-likeness (QED) is 0.863. The standard InChI is InChI=1S/C18H36N2O/c1-21-17-11-14-20(15-17)18(16-19)12-9-7-5-3-2-4-6-8-10-13-18/h17H,2-16,19H2,1H3. The van der Waals surface area contributed by atoms with Gasteiger partial charge in [0.05, 0.1) is 6.10 Å². The van der Waals surface area contributed by atoms with Crippen LogP contribution in [0.5, 0.6) is 0 Å². The summed E-state index contributed by atoms with van der Waals surface area (Å²) in [7, 11) is 1.85. The van der Waals surface area contributed by atoms with Gasteiger partial charge in [0.2, 0.25) is 0 Å². The first-order valence-corrected chi connectivity index (χ1v) is 9.29. The average molecular weight is 296 g/mol. The van der Waals surface area contributed by atoms with Gasteiger partial charge in [0.15, 0.2) is 0 Å². The van der Waals surface area contributed by atoms with Crippen molar-refractivity contribution in [1.82, 2.24) is 4.90 Å². The SMILES string of the molecule is COC1CCN(C2(CN)CCCCCCCCCCC2)C1. The number of hydrogen-bond donors (Lipinski definition) is 1. The van der Waals surface area contributed by atoms with Crippen molar-refractivity contribution in [2.45, 2.75) is 88.7 Å². The van der Waals surface area contributed by atoms with Crippen LogP contribution in [0.25, 0.3) is 0 Å². The second-order valence-corrected chi connectivity index (χ2v) is 7.20. The number of ether oxygens (including phenoxy) is 1. The number of nitrogens with zero attached hydrogens (tertiary/aromatic N) is 1. The van der Waals surface area contributed by atoms with Gasteiger partial charge in [-0.05, 0) is 19.3 Å². The molecule has 3 nitrogen and oxygen atoms in total. The minimum Gasteiger partial charge on any atom is -0.380 e. The summed E-state index contributed by atoms with van der Waals surface area (Å²) in [6.45, 7) is 3.09. The van der Waals surface area contributed by atoms with Gasteiger partial charge in [0.1, 0.15) is 0 Å². The Morgan fingerprint density at radius 2 is 1.48 bits per heavy atom. The first-order chi connectivity index (χ1) is 10.3. The highest BCUT2D eigenvalue weighted by atomic mass is 16.5. The molecule has 1 aliphatic carbocycles. The molecule has 0 radical (unpaired) electrons. The number of nitrogens with two attached hydrogens (primary N) is 1. The Bertz CT molecular complexity index is 270. The van der Waals surface area contributed by atoms with Crippen molar-refractivity contribution in [1.29, 1.82) is 0 Å². The van der Waals surface area contributed by atoms with Crippen molar-refractivity contribution in [3.05, 3.63) is 0 Å². The second-order valence-electron chi connectivity index (χ2n) is 7.20. The Hall–Kier alpha value is -0.120. The molecule has 2 aliphatic rings. The fourth-order valence-corrected chi connectivity index (χ4v) is 4.27. The van der Waals surface area contributed by atoms with Gasteiger partial charge in [-0.2, -0.15) is 0 Å². The molecule has 1 saturated heterocycles. The summed E-state index contributed by atoms with van der Waals surface area (Å²) >= 11 is 0. The summed E-state index contributed by atoms with van der Waals surface area (Å²) in [5.41, 5.74) is 6.56. The maximum Gasteiger partial charge on any atom is 0.0710 e. The zero-order valence-electron chi connectivity index (χ0n) is 14.1. The van der Waals surface area contributed by atoms with E-state index in [-0.39, 0.29) is 5.54 Å². The van der Waals surface area contributed by atoms with Crippen LogP contribution in [-0.2, 0) is 4.74 Å². The van der Waals surface area contributed by atoms with Crippen LogP contribution in [0, 0.1) is 0 Å². The topological polar surface area (TPSA) is 38.5 Å². The van der Waals surface area contributed by atoms with E-state index in [1.807, 2.05) is 7.11 Å². The Labute approximate surface area is 131 Å². The van der Waals surface area contributed by atoms with Crippen molar-refractivity contribution >= 4 is 0 Å². The number of hydrogen-bond acceptors (Lipinski definition) is 3. The van der Waals surface area contributed by atoms with Crippen LogP contribution in [0.3, 0.4) is 0 Å². The molecule has 0 aromatic rings. The third-order valence-corrected chi connectivity index (χ3v) is 5.81. The zero-order valence-corrected chi connectivity index (χ0v) is 14.1. The van der Waals surface area contributed by atoms with Crippen molar-refractivity contribution in [2.75, 3.05) is 26.7 Å². The Morgan fingerprint density at radius 1 is 0.952 bits per heavy atom. The molecule has 2 fully saturated rings. The molecule has 124 valence electrons. The van der Waals surface area contributed by atoms with E-state index in [0.717, 1.165) is 13.1 Å². The fourth-order valence-electron chi connectivity index (χ4n) is 4.27. The lowest BCUT2D eigenvalue weighted by Crippen LogP contribution is -2.53. The molecular formula is C18H36N2O. The number of methoxy groups -OCH3 is 1. The summed E-state index contributed by atoms with van der Waals surface area (Å²) in [6, 6.07) is 0. The minimum atomic E-state index is 0.256. The summed E-state index contributed by atoms with van der Waals surface area (Å²) in [6.07, 6.45) is 16.8. The van der Waals surface area contributed by atoms with E-state index in [0.29, 0.717) is 6.10 Å². The molecule has 1 unspecified atom stereocenters. The lowest BCUT2D eigenvalue weighted by Gasteiger charge is -2.42. The monoisotopic (exact) mass is 296 g/mol. The average Bonchev–Trinajstić information content (AvgIpc) is 2.98. The molecule has 0 bridgehead atoms. The normalized spacial score (nSPS) is 29.7. The van der Waals surface area contributed by atoms with E-state index in [1.54, 1.807) is 0 Å². The molecule has 2 rings (SSSR count). The van der Waals surface area contributed by atoms with Gasteiger partial charge in [-0.25, -0.2) is 0 Å². The highest BCUT2D eigenvalue weighted by Gasteiger charge is 2.38. The van der Waals surface area contributed by atoms with Crippen LogP contribution in [0.15, 0.2) is 0 Å². The van der Waals surface area contributed by atoms with Crippen molar-refractivity contribution in [3.8, 4) is 0 Å². The Balaban J connectivity index is 1.97. The van der Waals surface area contributed by atoms with Gasteiger partial charge in [-0.15, -0.1) is 0 Å². The van der Waals surface area contributed by atoms with E-state index in [2.05, 4.69) is 4.90 Å². The number of rotatable bonds is 3. The van der Waals surface area contributed by atoms with E-state index >= 15 is 0 Å². The first kappa shape index (κ1) is 17.2. The molecule has 21 heavy (non-hydrogen) atoms. The van der Waals surface area contributed by atoms with E-state index in [4.69, 9.17) is 10.5 Å². The molecule has 3 heteroatoms. The Kier molecular flexibility index (Phi) is 7.48. The van der Waals surface area contributed by atoms with Crippen LogP contribution in [-0.4, -0.2) is 43.3 Å². The first-order valence-electron chi connectivity index (χ1n) is 9.29. The molecule has 1 saturated carbocycles. The van der Waals surface area contributed by atoms with Gasteiger partial charge < -0.3 is 10.5 Å². The van der Waals surface area contributed by atoms with Crippen molar-refractivity contribution < 1.29 is 4.74 Å². The molecular weight excluding hydrogens is 260 g/mol. The van der Waals surface area contributed by atoms with E-state index in [1.165, 1.54) is 83.6 Å². The van der Waals surface area contributed by atoms with Crippen LogP contribution in [0.4, 0.5) is 0 Å². The van der Waals surface area contributed by atoms with Gasteiger partial charge in [0.25, 0.3) is 0 Å². The predicted molar refractivity (Wildman–Crippen MR) is 89.6 cm³/mol. The van der Waals surface area contributed by atoms with E-state index in [9.17, 15) is 0 Å². The minimum absolute atomic E-state index is 0.256. The third kappa shape index (κ3) is 4.94. The van der Waals surface area contributed by atoms with Gasteiger partial charge >= 0.3 is 0 Å². The number of likely N-dealkylation sites (tertiary alicyclic amines) is 1. The second kappa shape index (κ2) is 9.12. The summed E-state index contributed by atoms with van der Waals surface area (Å²) in [4.78, 5) is 2.67. The van der Waals surface area contributed by atoms with E-state index < -0.39 is 0 Å². The summed E-state index contributed by atoms with van der Waals surface area (Å²) < 4.78 is 5.58. The van der Waals surface area contributed by atoms with Crippen LogP contribution >= 0.6 is 0 Å². The molecule has 0 amide bonds. The molecule has 0 spiro atoms. The lowest BCUT2D eigenvalue weighted by molar-refractivity contribution is 0.0602. The summed E-state index contributed by atoms with van der Waals surface area (Å²) in [5, 5.41) is 0. The highest BCUT2D eigenvalue weighted by Crippen LogP contribution is 2.33. The predicted octanol–water partition coefficient (Wildman–Crippen LogP) is 3.71. The molecule has 2 N–H and O–H groups in total. The van der Waals surface area contributed by atoms with Crippen LogP contribution in [0.1, 0.15) is 77.0 Å². The molecule has 0 aromatic carbocycles. The maximum absolute atomic E-state index is 6.30. The molecule has 1 atom stereocenters. The third-order valence-electron chi connectivity index (χ3n) is 5.81. The molecule has 1 aliphatic heterocycles. The zero-order chi connectivity index (χ0) is 15.0. The molecule has 0 aromatic heterocycles. The summed E-state index contributed by atoms with van der Waals surface area (Å²) in [5.74, 6) is 0. The highest BCUT2D eigenvalue weighted by molar-refractivity contribution is 4.96. The van der Waals surface area contributed by atoms with Gasteiger partial charge in [-0.1, -0.05) is 57.8 Å².